The number of thioether (sulfide) groups is 1. The molecule has 1 N–H and O–H groups in total. The van der Waals surface area contributed by atoms with Crippen LogP contribution in [0.25, 0.3) is 0 Å². The summed E-state index contributed by atoms with van der Waals surface area (Å²) in [5.41, 5.74) is 1.35. The van der Waals surface area contributed by atoms with Crippen molar-refractivity contribution < 1.29 is 8.42 Å². The van der Waals surface area contributed by atoms with E-state index in [4.69, 9.17) is 0 Å². The van der Waals surface area contributed by atoms with Gasteiger partial charge in [-0.3, -0.25) is 0 Å². The molecule has 0 aromatic heterocycles. The highest BCUT2D eigenvalue weighted by Gasteiger charge is 2.09. The Morgan fingerprint density at radius 2 is 1.75 bits per heavy atom. The van der Waals surface area contributed by atoms with Crippen molar-refractivity contribution in [3.05, 3.63) is 29.8 Å². The zero-order valence-corrected chi connectivity index (χ0v) is 14.4. The van der Waals surface area contributed by atoms with E-state index in [1.807, 2.05) is 0 Å². The number of sulfone groups is 1. The maximum absolute atomic E-state index is 11.4. The average molecular weight is 316 g/mol. The van der Waals surface area contributed by atoms with Gasteiger partial charge in [0.1, 0.15) is 0 Å². The van der Waals surface area contributed by atoms with Gasteiger partial charge in [-0.05, 0) is 38.5 Å². The SMILES string of the molecule is CCS(=O)(=O)CCSc1ccc(CNC(C)(C)C)cc1. The minimum atomic E-state index is -2.85. The maximum atomic E-state index is 11.4. The molecular formula is C15H25NO2S2. The molecule has 1 aromatic carbocycles. The fourth-order valence-corrected chi connectivity index (χ4v) is 3.70. The van der Waals surface area contributed by atoms with Gasteiger partial charge in [0.15, 0.2) is 9.84 Å². The minimum absolute atomic E-state index is 0.113. The topological polar surface area (TPSA) is 46.2 Å². The Kier molecular flexibility index (Phi) is 6.55. The Morgan fingerprint density at radius 3 is 2.25 bits per heavy atom. The third kappa shape index (κ3) is 7.31. The minimum Gasteiger partial charge on any atom is -0.308 e. The van der Waals surface area contributed by atoms with Crippen molar-refractivity contribution in [1.29, 1.82) is 0 Å². The molecule has 114 valence electrons. The summed E-state index contributed by atoms with van der Waals surface area (Å²) < 4.78 is 22.8. The molecule has 0 fully saturated rings. The highest BCUT2D eigenvalue weighted by atomic mass is 32.2. The van der Waals surface area contributed by atoms with E-state index in [1.54, 1.807) is 18.7 Å². The van der Waals surface area contributed by atoms with Crippen LogP contribution in [0, 0.1) is 0 Å². The molecule has 0 radical (unpaired) electrons. The van der Waals surface area contributed by atoms with Crippen LogP contribution in [0.2, 0.25) is 0 Å². The van der Waals surface area contributed by atoms with Gasteiger partial charge in [0.2, 0.25) is 0 Å². The second-order valence-electron chi connectivity index (χ2n) is 5.83. The molecule has 0 heterocycles. The van der Waals surface area contributed by atoms with Crippen LogP contribution in [0.1, 0.15) is 33.3 Å². The van der Waals surface area contributed by atoms with Gasteiger partial charge in [0, 0.05) is 28.5 Å². The Bertz CT molecular complexity index is 502. The van der Waals surface area contributed by atoms with Crippen LogP contribution < -0.4 is 5.32 Å². The predicted octanol–water partition coefficient (Wildman–Crippen LogP) is 3.10. The molecule has 0 aliphatic rings. The van der Waals surface area contributed by atoms with E-state index in [1.165, 1.54) is 5.56 Å². The number of hydrogen-bond donors (Lipinski definition) is 1. The second kappa shape index (κ2) is 7.48. The van der Waals surface area contributed by atoms with Gasteiger partial charge in [0.05, 0.1) is 5.75 Å². The van der Waals surface area contributed by atoms with Gasteiger partial charge >= 0.3 is 0 Å². The highest BCUT2D eigenvalue weighted by molar-refractivity contribution is 8.00. The summed E-state index contributed by atoms with van der Waals surface area (Å²) >= 11 is 1.60. The molecule has 0 aliphatic heterocycles. The van der Waals surface area contributed by atoms with E-state index < -0.39 is 9.84 Å². The maximum Gasteiger partial charge on any atom is 0.150 e. The molecule has 1 aromatic rings. The Labute approximate surface area is 127 Å². The first kappa shape index (κ1) is 17.5. The lowest BCUT2D eigenvalue weighted by atomic mass is 10.1. The van der Waals surface area contributed by atoms with Crippen molar-refractivity contribution in [3.8, 4) is 0 Å². The third-order valence-corrected chi connectivity index (χ3v) is 5.83. The molecule has 0 aliphatic carbocycles. The van der Waals surface area contributed by atoms with E-state index in [0.29, 0.717) is 5.75 Å². The molecule has 0 spiro atoms. The van der Waals surface area contributed by atoms with Gasteiger partial charge in [-0.15, -0.1) is 11.8 Å². The van der Waals surface area contributed by atoms with Gasteiger partial charge in [-0.2, -0.15) is 0 Å². The van der Waals surface area contributed by atoms with Crippen molar-refractivity contribution in [2.24, 2.45) is 0 Å². The van der Waals surface area contributed by atoms with E-state index in [2.05, 4.69) is 50.4 Å². The first-order chi connectivity index (χ1) is 9.22. The molecule has 0 saturated heterocycles. The lowest BCUT2D eigenvalue weighted by molar-refractivity contribution is 0.424. The van der Waals surface area contributed by atoms with E-state index >= 15 is 0 Å². The second-order valence-corrected chi connectivity index (χ2v) is 9.47. The van der Waals surface area contributed by atoms with Crippen LogP contribution in [0.5, 0.6) is 0 Å². The molecular weight excluding hydrogens is 290 g/mol. The zero-order valence-electron chi connectivity index (χ0n) is 12.8. The summed E-state index contributed by atoms with van der Waals surface area (Å²) in [6.07, 6.45) is 0. The molecule has 3 nitrogen and oxygen atoms in total. The predicted molar refractivity (Wildman–Crippen MR) is 88.1 cm³/mol. The Hall–Kier alpha value is -0.520. The molecule has 0 amide bonds. The van der Waals surface area contributed by atoms with Gasteiger partial charge in [-0.25, -0.2) is 8.42 Å². The smallest absolute Gasteiger partial charge is 0.150 e. The molecule has 1 rings (SSSR count). The molecule has 0 saturated carbocycles. The van der Waals surface area contributed by atoms with Gasteiger partial charge in [-0.1, -0.05) is 19.1 Å². The number of rotatable bonds is 7. The fraction of sp³-hybridized carbons (Fsp3) is 0.600. The Balaban J connectivity index is 2.43. The van der Waals surface area contributed by atoms with Crippen LogP contribution in [0.15, 0.2) is 29.2 Å². The van der Waals surface area contributed by atoms with Crippen LogP contribution in [-0.2, 0) is 16.4 Å². The first-order valence-corrected chi connectivity index (χ1v) is 9.70. The fourth-order valence-electron chi connectivity index (χ4n) is 1.50. The average Bonchev–Trinajstić information content (AvgIpc) is 2.37. The molecule has 0 unspecified atom stereocenters. The van der Waals surface area contributed by atoms with Crippen LogP contribution in [0.3, 0.4) is 0 Å². The highest BCUT2D eigenvalue weighted by Crippen LogP contribution is 2.19. The standard InChI is InChI=1S/C15H25NO2S2/c1-5-20(17,18)11-10-19-14-8-6-13(7-9-14)12-16-15(2,3)4/h6-9,16H,5,10-12H2,1-4H3. The largest absolute Gasteiger partial charge is 0.308 e. The van der Waals surface area contributed by atoms with Crippen LogP contribution in [0.4, 0.5) is 0 Å². The van der Waals surface area contributed by atoms with Crippen LogP contribution in [-0.4, -0.2) is 31.2 Å². The van der Waals surface area contributed by atoms with Crippen LogP contribution >= 0.6 is 11.8 Å². The van der Waals surface area contributed by atoms with Crippen molar-refractivity contribution in [3.63, 3.8) is 0 Å². The monoisotopic (exact) mass is 315 g/mol. The van der Waals surface area contributed by atoms with Crippen molar-refractivity contribution in [2.45, 2.75) is 44.7 Å². The van der Waals surface area contributed by atoms with E-state index in [0.717, 1.165) is 11.4 Å². The molecule has 0 bridgehead atoms. The van der Waals surface area contributed by atoms with Crippen molar-refractivity contribution in [2.75, 3.05) is 17.3 Å². The zero-order chi connectivity index (χ0) is 15.2. The molecule has 0 atom stereocenters. The summed E-state index contributed by atoms with van der Waals surface area (Å²) in [6.45, 7) is 8.97. The van der Waals surface area contributed by atoms with Gasteiger partial charge in [0.25, 0.3) is 0 Å². The summed E-state index contributed by atoms with van der Waals surface area (Å²) in [5.74, 6) is 1.10. The summed E-state index contributed by atoms with van der Waals surface area (Å²) in [4.78, 5) is 1.12. The third-order valence-electron chi connectivity index (χ3n) is 2.85. The van der Waals surface area contributed by atoms with Crippen molar-refractivity contribution >= 4 is 21.6 Å². The normalized spacial score (nSPS) is 12.6. The summed E-state index contributed by atoms with van der Waals surface area (Å²) in [7, 11) is -2.85. The number of benzene rings is 1. The van der Waals surface area contributed by atoms with Crippen molar-refractivity contribution in [1.82, 2.24) is 5.32 Å². The number of nitrogens with one attached hydrogen (secondary N) is 1. The Morgan fingerprint density at radius 1 is 1.15 bits per heavy atom. The first-order valence-electron chi connectivity index (χ1n) is 6.89. The molecule has 20 heavy (non-hydrogen) atoms. The summed E-state index contributed by atoms with van der Waals surface area (Å²) in [5, 5.41) is 3.44. The van der Waals surface area contributed by atoms with Gasteiger partial charge < -0.3 is 5.32 Å². The number of hydrogen-bond acceptors (Lipinski definition) is 4. The lowest BCUT2D eigenvalue weighted by Crippen LogP contribution is -2.35. The quantitative estimate of drug-likeness (QED) is 0.785. The van der Waals surface area contributed by atoms with E-state index in [9.17, 15) is 8.42 Å². The van der Waals surface area contributed by atoms with E-state index in [-0.39, 0.29) is 17.0 Å². The molecule has 5 heteroatoms. The lowest BCUT2D eigenvalue weighted by Gasteiger charge is -2.20. The summed E-state index contributed by atoms with van der Waals surface area (Å²) in [6, 6.07) is 8.30.